The molecule has 3 rings (SSSR count). The van der Waals surface area contributed by atoms with E-state index in [-0.39, 0.29) is 5.82 Å². The minimum Gasteiger partial charge on any atom is -0.385 e. The van der Waals surface area contributed by atoms with Crippen molar-refractivity contribution in [3.8, 4) is 6.07 Å². The lowest BCUT2D eigenvalue weighted by Gasteiger charge is -2.25. The number of aromatic nitrogens is 2. The van der Waals surface area contributed by atoms with Gasteiger partial charge >= 0.3 is 11.6 Å². The maximum atomic E-state index is 14.2. The Labute approximate surface area is 109 Å². The van der Waals surface area contributed by atoms with Crippen LogP contribution in [0, 0.1) is 11.3 Å². The molecular weight excluding hydrogens is 278 g/mol. The first-order valence-corrected chi connectivity index (χ1v) is 5.44. The zero-order valence-electron chi connectivity index (χ0n) is 9.70. The van der Waals surface area contributed by atoms with E-state index in [1.165, 1.54) is 6.07 Å². The number of aliphatic hydroxyl groups is 2. The normalized spacial score (nSPS) is 41.0. The van der Waals surface area contributed by atoms with Crippen molar-refractivity contribution in [2.45, 2.75) is 29.5 Å². The minimum atomic E-state index is -4.05. The van der Waals surface area contributed by atoms with E-state index in [1.807, 2.05) is 0 Å². The molecule has 1 aromatic rings. The molecule has 1 aliphatic heterocycles. The second-order valence-corrected chi connectivity index (χ2v) is 4.65. The van der Waals surface area contributed by atoms with Crippen molar-refractivity contribution >= 4 is 5.82 Å². The first-order chi connectivity index (χ1) is 9.22. The molecule has 4 atom stereocenters. The van der Waals surface area contributed by atoms with E-state index in [9.17, 15) is 23.8 Å². The summed E-state index contributed by atoms with van der Waals surface area (Å²) in [6.07, 6.45) is -3.39. The molecule has 20 heavy (non-hydrogen) atoms. The topological polar surface area (TPSA) is 134 Å². The highest BCUT2D eigenvalue weighted by molar-refractivity contribution is 5.45. The summed E-state index contributed by atoms with van der Waals surface area (Å²) in [5.41, 5.74) is -1.40. The Morgan fingerprint density at radius 3 is 2.75 bits per heavy atom. The predicted molar refractivity (Wildman–Crippen MR) is 57.3 cm³/mol. The van der Waals surface area contributed by atoms with Crippen LogP contribution in [0.4, 0.5) is 14.6 Å². The van der Waals surface area contributed by atoms with Gasteiger partial charge in [0.2, 0.25) is 17.4 Å². The van der Waals surface area contributed by atoms with Crippen molar-refractivity contribution in [1.82, 2.24) is 9.55 Å². The Balaban J connectivity index is 2.11. The van der Waals surface area contributed by atoms with E-state index in [0.29, 0.717) is 4.57 Å². The van der Waals surface area contributed by atoms with Gasteiger partial charge < -0.3 is 20.7 Å². The van der Waals surface area contributed by atoms with Crippen LogP contribution in [-0.4, -0.2) is 43.0 Å². The molecule has 0 aromatic carbocycles. The van der Waals surface area contributed by atoms with Gasteiger partial charge in [0.25, 0.3) is 0 Å². The van der Waals surface area contributed by atoms with Crippen molar-refractivity contribution < 1.29 is 23.7 Å². The molecule has 2 fully saturated rings. The summed E-state index contributed by atoms with van der Waals surface area (Å²) in [5.74, 6) is -4.23. The van der Waals surface area contributed by atoms with E-state index in [2.05, 4.69) is 4.98 Å². The Hall–Kier alpha value is -2.09. The third kappa shape index (κ3) is 1.09. The lowest BCUT2D eigenvalue weighted by molar-refractivity contribution is -0.199. The van der Waals surface area contributed by atoms with E-state index in [1.54, 1.807) is 0 Å². The third-order valence-electron chi connectivity index (χ3n) is 3.65. The zero-order valence-corrected chi connectivity index (χ0v) is 9.70. The van der Waals surface area contributed by atoms with E-state index in [0.717, 1.165) is 12.3 Å². The number of nitrogens with two attached hydrogens (primary N) is 1. The molecule has 0 amide bonds. The monoisotopic (exact) mass is 286 g/mol. The molecule has 1 saturated carbocycles. The maximum Gasteiger partial charge on any atom is 0.351 e. The number of rotatable bonds is 1. The molecule has 10 heteroatoms. The highest BCUT2D eigenvalue weighted by Gasteiger charge is 2.96. The van der Waals surface area contributed by atoms with Gasteiger partial charge in [-0.15, -0.1) is 0 Å². The summed E-state index contributed by atoms with van der Waals surface area (Å²) in [4.78, 5) is 14.8. The Kier molecular flexibility index (Phi) is 2.14. The molecule has 8 nitrogen and oxygen atoms in total. The second kappa shape index (κ2) is 3.32. The molecule has 1 unspecified atom stereocenters. The summed E-state index contributed by atoms with van der Waals surface area (Å²) >= 11 is 0. The third-order valence-corrected chi connectivity index (χ3v) is 3.65. The Morgan fingerprint density at radius 2 is 2.25 bits per heavy atom. The van der Waals surface area contributed by atoms with Crippen LogP contribution >= 0.6 is 0 Å². The Morgan fingerprint density at radius 1 is 1.60 bits per heavy atom. The van der Waals surface area contributed by atoms with Gasteiger partial charge in [0.15, 0.2) is 0 Å². The van der Waals surface area contributed by atoms with Gasteiger partial charge in [-0.05, 0) is 6.07 Å². The largest absolute Gasteiger partial charge is 0.385 e. The van der Waals surface area contributed by atoms with Crippen LogP contribution in [0.5, 0.6) is 0 Å². The molecule has 0 bridgehead atoms. The van der Waals surface area contributed by atoms with Gasteiger partial charge in [0.1, 0.15) is 18.0 Å². The smallest absolute Gasteiger partial charge is 0.351 e. The highest BCUT2D eigenvalue weighted by atomic mass is 19.3. The number of fused-ring (bicyclic) bond motifs is 1. The molecule has 2 heterocycles. The first kappa shape index (κ1) is 12.9. The fraction of sp³-hybridized carbons (Fsp3) is 0.500. The predicted octanol–water partition coefficient (Wildman–Crippen LogP) is -1.64. The number of hydrogen-bond acceptors (Lipinski definition) is 7. The maximum absolute atomic E-state index is 14.2. The van der Waals surface area contributed by atoms with E-state index >= 15 is 0 Å². The lowest BCUT2D eigenvalue weighted by Crippen LogP contribution is -2.46. The van der Waals surface area contributed by atoms with Crippen LogP contribution in [0.1, 0.15) is 6.23 Å². The second-order valence-electron chi connectivity index (χ2n) is 4.65. The SMILES string of the molecule is N#C[C@]12O[C@@H](n3ccc(N)nc3=O)C(F)(F)[C@@]1(O)C2O. The van der Waals surface area contributed by atoms with Crippen LogP contribution in [0.3, 0.4) is 0 Å². The van der Waals surface area contributed by atoms with Gasteiger partial charge in [-0.1, -0.05) is 0 Å². The summed E-state index contributed by atoms with van der Waals surface area (Å²) in [6, 6.07) is 2.42. The van der Waals surface area contributed by atoms with Crippen LogP contribution in [0.15, 0.2) is 17.1 Å². The number of alkyl halides is 2. The Bertz CT molecular complexity index is 701. The number of hydrogen-bond donors (Lipinski definition) is 3. The van der Waals surface area contributed by atoms with Crippen molar-refractivity contribution in [2.24, 2.45) is 0 Å². The number of nitriles is 1. The molecule has 0 radical (unpaired) electrons. The average molecular weight is 286 g/mol. The van der Waals surface area contributed by atoms with Gasteiger partial charge in [0, 0.05) is 6.20 Å². The number of ether oxygens (including phenoxy) is 1. The van der Waals surface area contributed by atoms with Gasteiger partial charge in [-0.25, -0.2) is 4.79 Å². The summed E-state index contributed by atoms with van der Waals surface area (Å²) in [6.45, 7) is 0. The van der Waals surface area contributed by atoms with Crippen LogP contribution in [-0.2, 0) is 4.74 Å². The molecule has 0 spiro atoms. The fourth-order valence-corrected chi connectivity index (χ4v) is 2.45. The van der Waals surface area contributed by atoms with Crippen molar-refractivity contribution in [3.63, 3.8) is 0 Å². The van der Waals surface area contributed by atoms with E-state index < -0.39 is 35.1 Å². The van der Waals surface area contributed by atoms with Crippen molar-refractivity contribution in [2.75, 3.05) is 5.73 Å². The zero-order chi connectivity index (χ0) is 14.9. The summed E-state index contributed by atoms with van der Waals surface area (Å²) in [7, 11) is 0. The van der Waals surface area contributed by atoms with E-state index in [4.69, 9.17) is 15.7 Å². The number of anilines is 1. The first-order valence-electron chi connectivity index (χ1n) is 5.44. The molecule has 1 aromatic heterocycles. The van der Waals surface area contributed by atoms with Crippen LogP contribution in [0.25, 0.3) is 0 Å². The number of nitrogen functional groups attached to an aromatic ring is 1. The number of nitrogens with zero attached hydrogens (tertiary/aromatic N) is 3. The number of aliphatic hydroxyl groups excluding tert-OH is 1. The lowest BCUT2D eigenvalue weighted by atomic mass is 10.1. The molecular formula is C10H8F2N4O4. The molecule has 1 saturated heterocycles. The molecule has 106 valence electrons. The average Bonchev–Trinajstić information content (AvgIpc) is 2.78. The van der Waals surface area contributed by atoms with Gasteiger partial charge in [-0.2, -0.15) is 19.0 Å². The van der Waals surface area contributed by atoms with Crippen LogP contribution in [0.2, 0.25) is 0 Å². The molecule has 4 N–H and O–H groups in total. The van der Waals surface area contributed by atoms with Gasteiger partial charge in [0.05, 0.1) is 0 Å². The minimum absolute atomic E-state index is 0.175. The summed E-state index contributed by atoms with van der Waals surface area (Å²) in [5, 5.41) is 28.0. The van der Waals surface area contributed by atoms with Crippen molar-refractivity contribution in [3.05, 3.63) is 22.7 Å². The van der Waals surface area contributed by atoms with Crippen molar-refractivity contribution in [1.29, 1.82) is 5.26 Å². The summed E-state index contributed by atoms with van der Waals surface area (Å²) < 4.78 is 33.5. The molecule has 2 aliphatic rings. The quantitative estimate of drug-likeness (QED) is 0.563. The van der Waals surface area contributed by atoms with Crippen LogP contribution < -0.4 is 11.4 Å². The highest BCUT2D eigenvalue weighted by Crippen LogP contribution is 2.68. The standard InChI is InChI=1S/C10H8F2N4O4/c11-10(12)6(16-2-1-4(14)15-7(16)18)20-8(3-13)5(17)9(8,10)19/h1-2,5-6,17,19H,(H2,14,15,18)/t5?,6-,8-,9-/m1/s1. The fourth-order valence-electron chi connectivity index (χ4n) is 2.45. The molecule has 1 aliphatic carbocycles. The number of halogens is 2. The van der Waals surface area contributed by atoms with Gasteiger partial charge in [-0.3, -0.25) is 4.57 Å².